The van der Waals surface area contributed by atoms with E-state index in [1.165, 1.54) is 23.4 Å². The van der Waals surface area contributed by atoms with Crippen molar-refractivity contribution in [2.45, 2.75) is 46.2 Å². The SMILES string of the molecule is CCC1CN(c2ccc(C)c(N(C)C)c2)C(C(C)C)CN1. The maximum atomic E-state index is 3.70. The summed E-state index contributed by atoms with van der Waals surface area (Å²) in [6.07, 6.45) is 1.19. The molecule has 0 amide bonds. The van der Waals surface area contributed by atoms with Crippen LogP contribution in [0.2, 0.25) is 0 Å². The summed E-state index contributed by atoms with van der Waals surface area (Å²) in [5, 5.41) is 3.70. The highest BCUT2D eigenvalue weighted by Crippen LogP contribution is 2.29. The second kappa shape index (κ2) is 6.69. The Morgan fingerprint density at radius 2 is 2.05 bits per heavy atom. The van der Waals surface area contributed by atoms with Crippen molar-refractivity contribution in [2.24, 2.45) is 5.92 Å². The molecule has 1 saturated heterocycles. The minimum atomic E-state index is 0.575. The van der Waals surface area contributed by atoms with Crippen molar-refractivity contribution in [3.63, 3.8) is 0 Å². The van der Waals surface area contributed by atoms with Gasteiger partial charge in [-0.2, -0.15) is 0 Å². The van der Waals surface area contributed by atoms with Gasteiger partial charge >= 0.3 is 0 Å². The lowest BCUT2D eigenvalue weighted by Crippen LogP contribution is -2.58. The van der Waals surface area contributed by atoms with Crippen LogP contribution in [0.3, 0.4) is 0 Å². The van der Waals surface area contributed by atoms with Gasteiger partial charge in [0.1, 0.15) is 0 Å². The number of aryl methyl sites for hydroxylation is 1. The topological polar surface area (TPSA) is 18.5 Å². The molecule has 1 aliphatic heterocycles. The van der Waals surface area contributed by atoms with Crippen molar-refractivity contribution in [1.29, 1.82) is 0 Å². The number of anilines is 2. The normalized spacial score (nSPS) is 22.7. The Labute approximate surface area is 130 Å². The molecule has 1 N–H and O–H groups in total. The summed E-state index contributed by atoms with van der Waals surface area (Å²) in [7, 11) is 4.25. The molecule has 3 heteroatoms. The predicted molar refractivity (Wildman–Crippen MR) is 93.6 cm³/mol. The highest BCUT2D eigenvalue weighted by atomic mass is 15.2. The van der Waals surface area contributed by atoms with Crippen molar-refractivity contribution in [3.8, 4) is 0 Å². The molecular formula is C18H31N3. The van der Waals surface area contributed by atoms with Crippen LogP contribution >= 0.6 is 0 Å². The first kappa shape index (κ1) is 16.2. The molecule has 2 rings (SSSR count). The number of piperazine rings is 1. The third kappa shape index (κ3) is 3.52. The molecule has 118 valence electrons. The van der Waals surface area contributed by atoms with Crippen LogP contribution in [-0.2, 0) is 0 Å². The molecule has 0 aliphatic carbocycles. The number of nitrogens with zero attached hydrogens (tertiary/aromatic N) is 2. The van der Waals surface area contributed by atoms with Crippen LogP contribution in [0.4, 0.5) is 11.4 Å². The quantitative estimate of drug-likeness (QED) is 0.918. The Hall–Kier alpha value is -1.22. The Morgan fingerprint density at radius 1 is 1.33 bits per heavy atom. The van der Waals surface area contributed by atoms with Crippen LogP contribution in [0.1, 0.15) is 32.8 Å². The Bertz CT molecular complexity index is 468. The molecule has 0 spiro atoms. The molecular weight excluding hydrogens is 258 g/mol. The number of rotatable bonds is 4. The highest BCUT2D eigenvalue weighted by molar-refractivity contribution is 5.63. The summed E-state index contributed by atoms with van der Waals surface area (Å²) in [5.41, 5.74) is 4.02. The minimum absolute atomic E-state index is 0.575. The summed E-state index contributed by atoms with van der Waals surface area (Å²) < 4.78 is 0. The molecule has 1 aliphatic rings. The minimum Gasteiger partial charge on any atom is -0.377 e. The summed E-state index contributed by atoms with van der Waals surface area (Å²) in [6.45, 7) is 11.3. The van der Waals surface area contributed by atoms with E-state index in [0.29, 0.717) is 18.0 Å². The number of nitrogens with one attached hydrogen (secondary N) is 1. The third-order valence-corrected chi connectivity index (χ3v) is 4.70. The van der Waals surface area contributed by atoms with Gasteiger partial charge < -0.3 is 15.1 Å². The first-order valence-electron chi connectivity index (χ1n) is 8.22. The van der Waals surface area contributed by atoms with Crippen LogP contribution in [-0.4, -0.2) is 39.3 Å². The van der Waals surface area contributed by atoms with E-state index in [-0.39, 0.29) is 0 Å². The zero-order valence-corrected chi connectivity index (χ0v) is 14.5. The van der Waals surface area contributed by atoms with E-state index in [4.69, 9.17) is 0 Å². The monoisotopic (exact) mass is 289 g/mol. The molecule has 1 aromatic rings. The third-order valence-electron chi connectivity index (χ3n) is 4.70. The van der Waals surface area contributed by atoms with E-state index in [9.17, 15) is 0 Å². The van der Waals surface area contributed by atoms with E-state index in [1.54, 1.807) is 0 Å². The maximum absolute atomic E-state index is 3.70. The average Bonchev–Trinajstić information content (AvgIpc) is 2.46. The number of benzene rings is 1. The van der Waals surface area contributed by atoms with Gasteiger partial charge in [-0.25, -0.2) is 0 Å². The van der Waals surface area contributed by atoms with Crippen LogP contribution in [0.25, 0.3) is 0 Å². The van der Waals surface area contributed by atoms with Crippen molar-refractivity contribution in [3.05, 3.63) is 23.8 Å². The van der Waals surface area contributed by atoms with Gasteiger partial charge in [0.25, 0.3) is 0 Å². The second-order valence-corrected chi connectivity index (χ2v) is 6.84. The van der Waals surface area contributed by atoms with Crippen LogP contribution in [0.15, 0.2) is 18.2 Å². The molecule has 1 aromatic carbocycles. The lowest BCUT2D eigenvalue weighted by molar-refractivity contribution is 0.333. The Morgan fingerprint density at radius 3 is 2.62 bits per heavy atom. The van der Waals surface area contributed by atoms with Crippen molar-refractivity contribution < 1.29 is 0 Å². The summed E-state index contributed by atoms with van der Waals surface area (Å²) in [4.78, 5) is 4.82. The van der Waals surface area contributed by atoms with Gasteiger partial charge in [-0.05, 0) is 37.0 Å². The van der Waals surface area contributed by atoms with E-state index in [0.717, 1.165) is 13.1 Å². The van der Waals surface area contributed by atoms with Gasteiger partial charge in [-0.1, -0.05) is 26.8 Å². The van der Waals surface area contributed by atoms with Gasteiger partial charge in [0, 0.05) is 50.6 Å². The van der Waals surface area contributed by atoms with E-state index in [1.807, 2.05) is 0 Å². The van der Waals surface area contributed by atoms with Gasteiger partial charge in [-0.15, -0.1) is 0 Å². The lowest BCUT2D eigenvalue weighted by atomic mass is 9.96. The molecule has 21 heavy (non-hydrogen) atoms. The van der Waals surface area contributed by atoms with Crippen LogP contribution in [0, 0.1) is 12.8 Å². The second-order valence-electron chi connectivity index (χ2n) is 6.84. The molecule has 2 atom stereocenters. The largest absolute Gasteiger partial charge is 0.377 e. The van der Waals surface area contributed by atoms with E-state index in [2.05, 4.69) is 75.1 Å². The van der Waals surface area contributed by atoms with Gasteiger partial charge in [-0.3, -0.25) is 0 Å². The fraction of sp³-hybridized carbons (Fsp3) is 0.667. The molecule has 1 fully saturated rings. The van der Waals surface area contributed by atoms with E-state index < -0.39 is 0 Å². The van der Waals surface area contributed by atoms with Crippen LogP contribution in [0.5, 0.6) is 0 Å². The molecule has 3 nitrogen and oxygen atoms in total. The summed E-state index contributed by atoms with van der Waals surface area (Å²) in [6, 6.07) is 8.07. The first-order valence-corrected chi connectivity index (χ1v) is 8.22. The molecule has 0 aromatic heterocycles. The zero-order valence-electron chi connectivity index (χ0n) is 14.5. The molecule has 0 saturated carbocycles. The Balaban J connectivity index is 2.33. The molecule has 0 radical (unpaired) electrons. The first-order chi connectivity index (χ1) is 9.93. The molecule has 0 bridgehead atoms. The number of hydrogen-bond donors (Lipinski definition) is 1. The molecule has 1 heterocycles. The van der Waals surface area contributed by atoms with Crippen LogP contribution < -0.4 is 15.1 Å². The van der Waals surface area contributed by atoms with Crippen molar-refractivity contribution >= 4 is 11.4 Å². The standard InChI is InChI=1S/C18H31N3/c1-7-15-12-21(18(11-19-15)13(2)3)16-9-8-14(4)17(10-16)20(5)6/h8-10,13,15,18-19H,7,11-12H2,1-6H3. The zero-order chi connectivity index (χ0) is 15.6. The average molecular weight is 289 g/mol. The van der Waals surface area contributed by atoms with Gasteiger partial charge in [0.05, 0.1) is 0 Å². The highest BCUT2D eigenvalue weighted by Gasteiger charge is 2.29. The maximum Gasteiger partial charge on any atom is 0.0438 e. The summed E-state index contributed by atoms with van der Waals surface area (Å²) >= 11 is 0. The van der Waals surface area contributed by atoms with Gasteiger partial charge in [0.15, 0.2) is 0 Å². The fourth-order valence-corrected chi connectivity index (χ4v) is 3.26. The van der Waals surface area contributed by atoms with E-state index >= 15 is 0 Å². The summed E-state index contributed by atoms with van der Waals surface area (Å²) in [5.74, 6) is 0.652. The Kier molecular flexibility index (Phi) is 5.15. The van der Waals surface area contributed by atoms with Crippen molar-refractivity contribution in [2.75, 3.05) is 37.0 Å². The van der Waals surface area contributed by atoms with Crippen molar-refractivity contribution in [1.82, 2.24) is 5.32 Å². The number of hydrogen-bond acceptors (Lipinski definition) is 3. The van der Waals surface area contributed by atoms with Gasteiger partial charge in [0.2, 0.25) is 0 Å². The smallest absolute Gasteiger partial charge is 0.0438 e. The molecule has 2 unspecified atom stereocenters. The lowest BCUT2D eigenvalue weighted by Gasteiger charge is -2.44. The fourth-order valence-electron chi connectivity index (χ4n) is 3.26. The predicted octanol–water partition coefficient (Wildman–Crippen LogP) is 3.27.